The van der Waals surface area contributed by atoms with Crippen LogP contribution in [0, 0.1) is 0 Å². The monoisotopic (exact) mass is 317 g/mol. The first kappa shape index (κ1) is 14.1. The highest BCUT2D eigenvalue weighted by Gasteiger charge is 2.07. The van der Waals surface area contributed by atoms with Crippen LogP contribution in [-0.4, -0.2) is 15.8 Å². The van der Waals surface area contributed by atoms with Crippen molar-refractivity contribution in [1.29, 1.82) is 0 Å². The quantitative estimate of drug-likeness (QED) is 0.617. The van der Waals surface area contributed by atoms with E-state index in [-0.39, 0.29) is 0 Å². The highest BCUT2D eigenvalue weighted by Crippen LogP contribution is 2.23. The lowest BCUT2D eigenvalue weighted by Crippen LogP contribution is -1.93. The van der Waals surface area contributed by atoms with E-state index in [0.29, 0.717) is 16.0 Å². The number of fused-ring (bicyclic) bond motifs is 1. The summed E-state index contributed by atoms with van der Waals surface area (Å²) in [5.74, 6) is 0.671. The van der Waals surface area contributed by atoms with Gasteiger partial charge in [0.25, 0.3) is 0 Å². The minimum absolute atomic E-state index is 0.574. The number of aromatic nitrogens is 2. The Morgan fingerprint density at radius 2 is 2.00 bits per heavy atom. The van der Waals surface area contributed by atoms with E-state index in [9.17, 15) is 0 Å². The molecule has 0 N–H and O–H groups in total. The van der Waals surface area contributed by atoms with E-state index in [1.165, 1.54) is 0 Å². The number of hydrogen-bond donors (Lipinski definition) is 0. The van der Waals surface area contributed by atoms with Crippen molar-refractivity contribution in [1.82, 2.24) is 9.55 Å². The summed E-state index contributed by atoms with van der Waals surface area (Å²) < 4.78 is 2.07. The van der Waals surface area contributed by atoms with Crippen LogP contribution in [0.5, 0.6) is 0 Å². The molecule has 106 valence electrons. The van der Waals surface area contributed by atoms with Crippen LogP contribution in [-0.2, 0) is 6.54 Å². The molecular formula is C16H13Cl2N3. The molecule has 0 aliphatic carbocycles. The van der Waals surface area contributed by atoms with Gasteiger partial charge < -0.3 is 4.57 Å². The normalized spacial score (nSPS) is 11.6. The number of aliphatic imine (C=N–C) groups is 1. The van der Waals surface area contributed by atoms with E-state index in [1.807, 2.05) is 30.3 Å². The fourth-order valence-electron chi connectivity index (χ4n) is 2.21. The zero-order valence-electron chi connectivity index (χ0n) is 11.4. The van der Waals surface area contributed by atoms with Gasteiger partial charge in [-0.05, 0) is 31.2 Å². The summed E-state index contributed by atoms with van der Waals surface area (Å²) in [6.45, 7) is 2.88. The first-order chi connectivity index (χ1) is 10.2. The lowest BCUT2D eigenvalue weighted by atomic mass is 10.2. The smallest absolute Gasteiger partial charge is 0.230 e. The predicted octanol–water partition coefficient (Wildman–Crippen LogP) is 5.11. The van der Waals surface area contributed by atoms with Crippen LogP contribution in [0.4, 0.5) is 5.95 Å². The summed E-state index contributed by atoms with van der Waals surface area (Å²) in [4.78, 5) is 9.02. The lowest BCUT2D eigenvalue weighted by Gasteiger charge is -2.02. The van der Waals surface area contributed by atoms with Crippen molar-refractivity contribution in [2.75, 3.05) is 0 Å². The van der Waals surface area contributed by atoms with Gasteiger partial charge in [0, 0.05) is 23.3 Å². The number of rotatable bonds is 3. The number of benzene rings is 2. The van der Waals surface area contributed by atoms with Crippen molar-refractivity contribution in [2.24, 2.45) is 4.99 Å². The highest BCUT2D eigenvalue weighted by atomic mass is 35.5. The molecular weight excluding hydrogens is 305 g/mol. The zero-order chi connectivity index (χ0) is 14.8. The molecule has 1 aromatic heterocycles. The lowest BCUT2D eigenvalue weighted by molar-refractivity contribution is 0.790. The minimum Gasteiger partial charge on any atom is -0.309 e. The molecule has 1 heterocycles. The van der Waals surface area contributed by atoms with Gasteiger partial charge in [-0.3, -0.25) is 0 Å². The molecule has 0 atom stereocenters. The van der Waals surface area contributed by atoms with E-state index < -0.39 is 0 Å². The van der Waals surface area contributed by atoms with E-state index in [1.54, 1.807) is 18.3 Å². The van der Waals surface area contributed by atoms with Crippen molar-refractivity contribution in [2.45, 2.75) is 13.5 Å². The highest BCUT2D eigenvalue weighted by molar-refractivity contribution is 6.36. The third kappa shape index (κ3) is 2.80. The zero-order valence-corrected chi connectivity index (χ0v) is 12.9. The Hall–Kier alpha value is -1.84. The maximum absolute atomic E-state index is 6.15. The standard InChI is InChI=1S/C16H13Cl2N3/c1-2-21-15-6-4-3-5-14(15)20-16(21)19-10-11-7-8-12(17)9-13(11)18/h3-10H,2H2,1H3. The van der Waals surface area contributed by atoms with E-state index in [4.69, 9.17) is 23.2 Å². The van der Waals surface area contributed by atoms with Crippen molar-refractivity contribution in [3.8, 4) is 0 Å². The molecule has 2 aromatic carbocycles. The van der Waals surface area contributed by atoms with Crippen LogP contribution in [0.15, 0.2) is 47.5 Å². The van der Waals surface area contributed by atoms with Crippen molar-refractivity contribution < 1.29 is 0 Å². The summed E-state index contributed by atoms with van der Waals surface area (Å²) in [7, 11) is 0. The van der Waals surface area contributed by atoms with Crippen LogP contribution >= 0.6 is 23.2 Å². The molecule has 0 saturated heterocycles. The Bertz CT molecular complexity index is 822. The first-order valence-corrected chi connectivity index (χ1v) is 7.39. The second kappa shape index (κ2) is 5.88. The molecule has 3 nitrogen and oxygen atoms in total. The first-order valence-electron chi connectivity index (χ1n) is 6.63. The number of imidazole rings is 1. The van der Waals surface area contributed by atoms with Crippen LogP contribution in [0.25, 0.3) is 11.0 Å². The van der Waals surface area contributed by atoms with Gasteiger partial charge in [-0.1, -0.05) is 41.4 Å². The molecule has 21 heavy (non-hydrogen) atoms. The fraction of sp³-hybridized carbons (Fsp3) is 0.125. The van der Waals surface area contributed by atoms with Gasteiger partial charge in [0.2, 0.25) is 5.95 Å². The van der Waals surface area contributed by atoms with Gasteiger partial charge in [-0.2, -0.15) is 0 Å². The Balaban J connectivity index is 2.03. The SMILES string of the molecule is CCn1c(N=Cc2ccc(Cl)cc2Cl)nc2ccccc21. The molecule has 5 heteroatoms. The second-order valence-electron chi connectivity index (χ2n) is 4.57. The topological polar surface area (TPSA) is 30.2 Å². The number of aryl methyl sites for hydroxylation is 1. The molecule has 0 spiro atoms. The molecule has 0 radical (unpaired) electrons. The number of hydrogen-bond acceptors (Lipinski definition) is 2. The fourth-order valence-corrected chi connectivity index (χ4v) is 2.66. The van der Waals surface area contributed by atoms with Gasteiger partial charge in [0.05, 0.1) is 16.1 Å². The summed E-state index contributed by atoms with van der Waals surface area (Å²) in [5.41, 5.74) is 2.83. The minimum atomic E-state index is 0.574. The second-order valence-corrected chi connectivity index (χ2v) is 5.41. The van der Waals surface area contributed by atoms with E-state index in [0.717, 1.165) is 23.1 Å². The molecule has 0 fully saturated rings. The summed E-state index contributed by atoms with van der Waals surface area (Å²) in [6.07, 6.45) is 1.71. The molecule has 0 saturated carbocycles. The predicted molar refractivity (Wildman–Crippen MR) is 89.1 cm³/mol. The maximum Gasteiger partial charge on any atom is 0.230 e. The molecule has 0 aliphatic rings. The van der Waals surface area contributed by atoms with E-state index >= 15 is 0 Å². The Kier molecular flexibility index (Phi) is 3.95. The largest absolute Gasteiger partial charge is 0.309 e. The van der Waals surface area contributed by atoms with Crippen LogP contribution in [0.3, 0.4) is 0 Å². The Labute approximate surface area is 132 Å². The number of halogens is 2. The van der Waals surface area contributed by atoms with E-state index in [2.05, 4.69) is 21.5 Å². The molecule has 3 rings (SSSR count). The van der Waals surface area contributed by atoms with Gasteiger partial charge in [-0.25, -0.2) is 9.98 Å². The summed E-state index contributed by atoms with van der Waals surface area (Å²) in [5, 5.41) is 1.18. The van der Waals surface area contributed by atoms with Gasteiger partial charge in [-0.15, -0.1) is 0 Å². The van der Waals surface area contributed by atoms with Crippen molar-refractivity contribution >= 4 is 46.4 Å². The average molecular weight is 318 g/mol. The molecule has 0 unspecified atom stereocenters. The van der Waals surface area contributed by atoms with Crippen LogP contribution in [0.2, 0.25) is 10.0 Å². The third-order valence-corrected chi connectivity index (χ3v) is 3.79. The molecule has 0 bridgehead atoms. The van der Waals surface area contributed by atoms with Crippen molar-refractivity contribution in [3.63, 3.8) is 0 Å². The maximum atomic E-state index is 6.15. The van der Waals surface area contributed by atoms with Crippen LogP contribution < -0.4 is 0 Å². The summed E-state index contributed by atoms with van der Waals surface area (Å²) >= 11 is 12.0. The van der Waals surface area contributed by atoms with Gasteiger partial charge in [0.1, 0.15) is 0 Å². The number of nitrogens with zero attached hydrogens (tertiary/aromatic N) is 3. The average Bonchev–Trinajstić information content (AvgIpc) is 2.83. The molecule has 0 aliphatic heterocycles. The molecule has 3 aromatic rings. The van der Waals surface area contributed by atoms with Crippen LogP contribution in [0.1, 0.15) is 12.5 Å². The Morgan fingerprint density at radius 3 is 2.76 bits per heavy atom. The molecule has 0 amide bonds. The van der Waals surface area contributed by atoms with Crippen molar-refractivity contribution in [3.05, 3.63) is 58.1 Å². The van der Waals surface area contributed by atoms with Gasteiger partial charge in [0.15, 0.2) is 0 Å². The third-order valence-electron chi connectivity index (χ3n) is 3.23. The summed E-state index contributed by atoms with van der Waals surface area (Å²) in [6, 6.07) is 13.3. The number of para-hydroxylation sites is 2. The Morgan fingerprint density at radius 1 is 1.19 bits per heavy atom. The van der Waals surface area contributed by atoms with Gasteiger partial charge >= 0.3 is 0 Å².